The van der Waals surface area contributed by atoms with Crippen LogP contribution in [0, 0.1) is 0 Å². The zero-order valence-corrected chi connectivity index (χ0v) is 13.8. The van der Waals surface area contributed by atoms with Crippen molar-refractivity contribution in [3.8, 4) is 5.75 Å². The zero-order valence-electron chi connectivity index (χ0n) is 12.9. The van der Waals surface area contributed by atoms with E-state index in [9.17, 15) is 0 Å². The minimum Gasteiger partial charge on any atom is -0.492 e. The predicted molar refractivity (Wildman–Crippen MR) is 98.0 cm³/mol. The molecule has 0 radical (unpaired) electrons. The van der Waals surface area contributed by atoms with Crippen molar-refractivity contribution in [1.29, 1.82) is 0 Å². The van der Waals surface area contributed by atoms with Crippen molar-refractivity contribution in [2.24, 2.45) is 0 Å². The topological polar surface area (TPSA) is 29.5 Å². The van der Waals surface area contributed by atoms with Crippen molar-refractivity contribution >= 4 is 22.5 Å². The van der Waals surface area contributed by atoms with E-state index in [1.54, 1.807) is 0 Å². The number of aliphatic hydroxyl groups excluding tert-OH is 1. The first-order chi connectivity index (χ1) is 11.4. The van der Waals surface area contributed by atoms with E-state index in [1.807, 2.05) is 48.2 Å². The quantitative estimate of drug-likeness (QED) is 0.642. The first-order valence-electron chi connectivity index (χ1n) is 7.74. The number of hydrogen-bond acceptors (Lipinski definition) is 3. The summed E-state index contributed by atoms with van der Waals surface area (Å²) >= 11 is 1.84. The molecule has 0 atom stereocenters. The molecule has 0 amide bonds. The Balaban J connectivity index is 1.49. The molecule has 3 aromatic rings. The van der Waals surface area contributed by atoms with Crippen LogP contribution < -0.4 is 4.74 Å². The van der Waals surface area contributed by atoms with Crippen molar-refractivity contribution in [2.75, 3.05) is 12.4 Å². The minimum absolute atomic E-state index is 0.0999. The van der Waals surface area contributed by atoms with Gasteiger partial charge in [-0.1, -0.05) is 60.7 Å². The molecular weight excluding hydrogens is 304 g/mol. The van der Waals surface area contributed by atoms with Crippen molar-refractivity contribution in [1.82, 2.24) is 0 Å². The van der Waals surface area contributed by atoms with Crippen LogP contribution in [0.25, 0.3) is 10.8 Å². The van der Waals surface area contributed by atoms with Crippen LogP contribution in [-0.2, 0) is 12.4 Å². The van der Waals surface area contributed by atoms with Gasteiger partial charge in [0.1, 0.15) is 5.75 Å². The summed E-state index contributed by atoms with van der Waals surface area (Å²) in [7, 11) is 0. The van der Waals surface area contributed by atoms with Gasteiger partial charge < -0.3 is 9.84 Å². The Morgan fingerprint density at radius 2 is 1.65 bits per heavy atom. The zero-order chi connectivity index (χ0) is 15.9. The molecule has 0 bridgehead atoms. The summed E-state index contributed by atoms with van der Waals surface area (Å²) in [6.07, 6.45) is 0. The molecule has 0 aliphatic rings. The van der Waals surface area contributed by atoms with E-state index in [4.69, 9.17) is 9.84 Å². The first kappa shape index (κ1) is 15.9. The van der Waals surface area contributed by atoms with Crippen LogP contribution in [-0.4, -0.2) is 17.5 Å². The van der Waals surface area contributed by atoms with E-state index in [1.165, 1.54) is 10.9 Å². The third kappa shape index (κ3) is 4.27. The molecule has 0 heterocycles. The van der Waals surface area contributed by atoms with E-state index < -0.39 is 0 Å². The van der Waals surface area contributed by atoms with Crippen LogP contribution in [0.15, 0.2) is 66.7 Å². The van der Waals surface area contributed by atoms with Crippen molar-refractivity contribution < 1.29 is 9.84 Å². The number of aliphatic hydroxyl groups is 1. The van der Waals surface area contributed by atoms with Crippen molar-refractivity contribution in [3.05, 3.63) is 77.9 Å². The largest absolute Gasteiger partial charge is 0.492 e. The van der Waals surface area contributed by atoms with Gasteiger partial charge in [-0.15, -0.1) is 0 Å². The van der Waals surface area contributed by atoms with E-state index in [0.717, 1.165) is 28.2 Å². The highest BCUT2D eigenvalue weighted by atomic mass is 32.2. The van der Waals surface area contributed by atoms with Crippen LogP contribution in [0.5, 0.6) is 5.75 Å². The summed E-state index contributed by atoms with van der Waals surface area (Å²) in [5, 5.41) is 11.5. The second kappa shape index (κ2) is 8.04. The maximum atomic E-state index is 9.16. The summed E-state index contributed by atoms with van der Waals surface area (Å²) in [4.78, 5) is 0. The van der Waals surface area contributed by atoms with Gasteiger partial charge in [0.15, 0.2) is 0 Å². The standard InChI is InChI=1S/C20H20O2S/c21-14-16-5-3-6-17(13-16)15-23-12-11-22-20-10-4-8-18-7-1-2-9-19(18)20/h1-10,13,21H,11-12,14-15H2. The Bertz CT molecular complexity index is 765. The Morgan fingerprint density at radius 1 is 0.870 bits per heavy atom. The molecule has 1 N–H and O–H groups in total. The molecule has 0 spiro atoms. The molecule has 2 nitrogen and oxygen atoms in total. The molecule has 0 aliphatic carbocycles. The molecule has 0 unspecified atom stereocenters. The van der Waals surface area contributed by atoms with Gasteiger partial charge in [-0.2, -0.15) is 11.8 Å². The second-order valence-corrected chi connectivity index (χ2v) is 6.46. The number of hydrogen-bond donors (Lipinski definition) is 1. The third-order valence-corrected chi connectivity index (χ3v) is 4.67. The molecule has 0 aliphatic heterocycles. The van der Waals surface area contributed by atoms with E-state index in [2.05, 4.69) is 30.3 Å². The highest BCUT2D eigenvalue weighted by Gasteiger charge is 2.01. The third-order valence-electron chi connectivity index (χ3n) is 3.68. The minimum atomic E-state index is 0.0999. The Hall–Kier alpha value is -1.97. The molecular formula is C20H20O2S. The van der Waals surface area contributed by atoms with Crippen LogP contribution in [0.4, 0.5) is 0 Å². The van der Waals surface area contributed by atoms with Gasteiger partial charge in [0.2, 0.25) is 0 Å². The van der Waals surface area contributed by atoms with Gasteiger partial charge in [0, 0.05) is 16.9 Å². The molecule has 0 saturated heterocycles. The number of fused-ring (bicyclic) bond motifs is 1. The molecule has 3 heteroatoms. The van der Waals surface area contributed by atoms with Crippen LogP contribution >= 0.6 is 11.8 Å². The molecule has 3 aromatic carbocycles. The Labute approximate surface area is 141 Å². The fourth-order valence-corrected chi connectivity index (χ4v) is 3.30. The lowest BCUT2D eigenvalue weighted by Crippen LogP contribution is -2.01. The monoisotopic (exact) mass is 324 g/mol. The smallest absolute Gasteiger partial charge is 0.127 e. The summed E-state index contributed by atoms with van der Waals surface area (Å²) in [6.45, 7) is 0.793. The number of ether oxygens (including phenoxy) is 1. The second-order valence-electron chi connectivity index (χ2n) is 5.36. The predicted octanol–water partition coefficient (Wildman–Crippen LogP) is 4.64. The SMILES string of the molecule is OCc1cccc(CSCCOc2cccc3ccccc23)c1. The summed E-state index contributed by atoms with van der Waals surface area (Å²) in [5.41, 5.74) is 2.21. The molecule has 23 heavy (non-hydrogen) atoms. The number of benzene rings is 3. The fraction of sp³-hybridized carbons (Fsp3) is 0.200. The van der Waals surface area contributed by atoms with E-state index >= 15 is 0 Å². The van der Waals surface area contributed by atoms with E-state index in [0.29, 0.717) is 6.61 Å². The highest BCUT2D eigenvalue weighted by Crippen LogP contribution is 2.25. The fourth-order valence-electron chi connectivity index (χ4n) is 2.54. The molecule has 0 aromatic heterocycles. The summed E-state index contributed by atoms with van der Waals surface area (Å²) < 4.78 is 5.94. The van der Waals surface area contributed by atoms with Gasteiger partial charge in [-0.25, -0.2) is 0 Å². The summed E-state index contributed by atoms with van der Waals surface area (Å²) in [5.74, 6) is 2.82. The van der Waals surface area contributed by atoms with E-state index in [-0.39, 0.29) is 6.61 Å². The lowest BCUT2D eigenvalue weighted by Gasteiger charge is -2.09. The molecule has 0 fully saturated rings. The van der Waals surface area contributed by atoms with Crippen LogP contribution in [0.3, 0.4) is 0 Å². The van der Waals surface area contributed by atoms with Crippen molar-refractivity contribution in [3.63, 3.8) is 0 Å². The number of thioether (sulfide) groups is 1. The lowest BCUT2D eigenvalue weighted by atomic mass is 10.1. The maximum Gasteiger partial charge on any atom is 0.127 e. The van der Waals surface area contributed by atoms with Crippen LogP contribution in [0.2, 0.25) is 0 Å². The maximum absolute atomic E-state index is 9.16. The first-order valence-corrected chi connectivity index (χ1v) is 8.89. The highest BCUT2D eigenvalue weighted by molar-refractivity contribution is 7.98. The van der Waals surface area contributed by atoms with Crippen LogP contribution in [0.1, 0.15) is 11.1 Å². The van der Waals surface area contributed by atoms with Gasteiger partial charge in [0.05, 0.1) is 13.2 Å². The average molecular weight is 324 g/mol. The summed E-state index contributed by atoms with van der Waals surface area (Å²) in [6, 6.07) is 22.5. The van der Waals surface area contributed by atoms with Gasteiger partial charge in [-0.05, 0) is 22.6 Å². The van der Waals surface area contributed by atoms with Gasteiger partial charge >= 0.3 is 0 Å². The number of rotatable bonds is 7. The molecule has 0 saturated carbocycles. The lowest BCUT2D eigenvalue weighted by molar-refractivity contribution is 0.282. The normalized spacial score (nSPS) is 10.8. The Morgan fingerprint density at radius 3 is 2.57 bits per heavy atom. The Kier molecular flexibility index (Phi) is 5.56. The molecule has 118 valence electrons. The van der Waals surface area contributed by atoms with Crippen molar-refractivity contribution in [2.45, 2.75) is 12.4 Å². The van der Waals surface area contributed by atoms with Gasteiger partial charge in [0.25, 0.3) is 0 Å². The van der Waals surface area contributed by atoms with Gasteiger partial charge in [-0.3, -0.25) is 0 Å². The molecule has 3 rings (SSSR count). The average Bonchev–Trinajstić information content (AvgIpc) is 2.62.